The minimum absolute atomic E-state index is 0.0978. The van der Waals surface area contributed by atoms with Gasteiger partial charge in [0.2, 0.25) is 0 Å². The number of ketones is 1. The molecule has 2 aromatic rings. The first-order chi connectivity index (χ1) is 16.0. The lowest BCUT2D eigenvalue weighted by atomic mass is 9.95. The van der Waals surface area contributed by atoms with Gasteiger partial charge in [-0.25, -0.2) is 8.42 Å². The summed E-state index contributed by atoms with van der Waals surface area (Å²) in [6, 6.07) is 8.90. The van der Waals surface area contributed by atoms with E-state index in [1.165, 1.54) is 37.3 Å². The van der Waals surface area contributed by atoms with Crippen molar-refractivity contribution in [1.29, 1.82) is 0 Å². The first-order valence-corrected chi connectivity index (χ1v) is 12.8. The number of benzene rings is 2. The number of aromatic hydroxyl groups is 1. The molecule has 0 heterocycles. The molecule has 0 aromatic heterocycles. The Morgan fingerprint density at radius 3 is 2.29 bits per heavy atom. The zero-order chi connectivity index (χ0) is 25.5. The maximum atomic E-state index is 12.7. The molecule has 0 aliphatic rings. The molecule has 0 aliphatic carbocycles. The van der Waals surface area contributed by atoms with E-state index in [4.69, 9.17) is 9.84 Å². The van der Waals surface area contributed by atoms with Crippen LogP contribution in [-0.4, -0.2) is 47.8 Å². The first-order valence-electron chi connectivity index (χ1n) is 11.2. The Morgan fingerprint density at radius 1 is 1.09 bits per heavy atom. The summed E-state index contributed by atoms with van der Waals surface area (Å²) >= 11 is 0. The molecule has 34 heavy (non-hydrogen) atoms. The summed E-state index contributed by atoms with van der Waals surface area (Å²) in [5.74, 6) is -1.61. The Morgan fingerprint density at radius 2 is 1.74 bits per heavy atom. The minimum atomic E-state index is -3.59. The van der Waals surface area contributed by atoms with E-state index < -0.39 is 27.8 Å². The second-order valence-corrected chi connectivity index (χ2v) is 10.5. The van der Waals surface area contributed by atoms with Gasteiger partial charge in [0.1, 0.15) is 11.5 Å². The average Bonchev–Trinajstić information content (AvgIpc) is 2.77. The SMILES string of the molecule is CCCc1c(OCCCS(=O)(=O)c2ccc(C(O)C(C)CC(=O)O)cc2)ccc(C(C)=O)c1O. The lowest BCUT2D eigenvalue weighted by Gasteiger charge is -2.17. The highest BCUT2D eigenvalue weighted by Gasteiger charge is 2.21. The van der Waals surface area contributed by atoms with Crippen LogP contribution in [0.15, 0.2) is 41.3 Å². The molecule has 8 nitrogen and oxygen atoms in total. The number of sulfone groups is 1. The summed E-state index contributed by atoms with van der Waals surface area (Å²) in [5, 5.41) is 29.5. The van der Waals surface area contributed by atoms with Crippen molar-refractivity contribution >= 4 is 21.6 Å². The van der Waals surface area contributed by atoms with Crippen LogP contribution >= 0.6 is 0 Å². The topological polar surface area (TPSA) is 138 Å². The molecule has 0 saturated heterocycles. The third-order valence-electron chi connectivity index (χ3n) is 5.55. The van der Waals surface area contributed by atoms with Crippen molar-refractivity contribution in [2.75, 3.05) is 12.4 Å². The highest BCUT2D eigenvalue weighted by atomic mass is 32.2. The van der Waals surface area contributed by atoms with Crippen molar-refractivity contribution in [3.05, 3.63) is 53.1 Å². The van der Waals surface area contributed by atoms with Crippen molar-refractivity contribution in [1.82, 2.24) is 0 Å². The molecule has 2 rings (SSSR count). The molecule has 0 radical (unpaired) electrons. The number of carboxylic acid groups (broad SMARTS) is 1. The van der Waals surface area contributed by atoms with Gasteiger partial charge in [-0.05, 0) is 55.5 Å². The highest BCUT2D eigenvalue weighted by molar-refractivity contribution is 7.91. The van der Waals surface area contributed by atoms with E-state index in [1.807, 2.05) is 6.92 Å². The number of carbonyl (C=O) groups is 2. The third-order valence-corrected chi connectivity index (χ3v) is 7.37. The Hall–Kier alpha value is -2.91. The van der Waals surface area contributed by atoms with Crippen LogP contribution in [0.4, 0.5) is 0 Å². The fourth-order valence-corrected chi connectivity index (χ4v) is 4.95. The number of hydrogen-bond acceptors (Lipinski definition) is 7. The van der Waals surface area contributed by atoms with Crippen LogP contribution < -0.4 is 4.74 Å². The van der Waals surface area contributed by atoms with Gasteiger partial charge in [0, 0.05) is 5.56 Å². The molecule has 9 heteroatoms. The van der Waals surface area contributed by atoms with Crippen LogP contribution in [0.5, 0.6) is 11.5 Å². The van der Waals surface area contributed by atoms with Crippen LogP contribution in [0.3, 0.4) is 0 Å². The number of phenols is 1. The molecule has 0 aliphatic heterocycles. The molecular formula is C25H32O8S. The Bertz CT molecular complexity index is 1110. The third kappa shape index (κ3) is 7.04. The Balaban J connectivity index is 2.00. The highest BCUT2D eigenvalue weighted by Crippen LogP contribution is 2.33. The zero-order valence-electron chi connectivity index (χ0n) is 19.7. The smallest absolute Gasteiger partial charge is 0.303 e. The lowest BCUT2D eigenvalue weighted by molar-refractivity contribution is -0.139. The number of carboxylic acids is 1. The second-order valence-electron chi connectivity index (χ2n) is 8.35. The molecule has 0 spiro atoms. The largest absolute Gasteiger partial charge is 0.507 e. The van der Waals surface area contributed by atoms with Gasteiger partial charge >= 0.3 is 5.97 Å². The molecule has 0 bridgehead atoms. The fourth-order valence-electron chi connectivity index (χ4n) is 3.67. The van der Waals surface area contributed by atoms with Crippen LogP contribution in [-0.2, 0) is 21.1 Å². The summed E-state index contributed by atoms with van der Waals surface area (Å²) in [4.78, 5) is 22.6. The molecule has 0 fully saturated rings. The molecule has 0 amide bonds. The average molecular weight is 493 g/mol. The molecule has 186 valence electrons. The number of aliphatic hydroxyl groups is 1. The van der Waals surface area contributed by atoms with E-state index in [0.29, 0.717) is 23.3 Å². The summed E-state index contributed by atoms with van der Waals surface area (Å²) in [6.45, 7) is 5.04. The summed E-state index contributed by atoms with van der Waals surface area (Å²) in [6.07, 6.45) is 0.257. The molecule has 0 saturated carbocycles. The van der Waals surface area contributed by atoms with Crippen LogP contribution in [0.1, 0.15) is 67.6 Å². The monoisotopic (exact) mass is 492 g/mol. The minimum Gasteiger partial charge on any atom is -0.507 e. The molecule has 2 aromatic carbocycles. The molecular weight excluding hydrogens is 460 g/mol. The number of aliphatic hydroxyl groups excluding tert-OH is 1. The van der Waals surface area contributed by atoms with E-state index in [-0.39, 0.29) is 47.2 Å². The van der Waals surface area contributed by atoms with Gasteiger partial charge in [0.05, 0.1) is 35.3 Å². The van der Waals surface area contributed by atoms with Gasteiger partial charge in [0.15, 0.2) is 15.6 Å². The van der Waals surface area contributed by atoms with E-state index in [9.17, 15) is 28.2 Å². The van der Waals surface area contributed by atoms with Gasteiger partial charge in [-0.3, -0.25) is 9.59 Å². The quantitative estimate of drug-likeness (QED) is 0.282. The van der Waals surface area contributed by atoms with Gasteiger partial charge in [-0.2, -0.15) is 0 Å². The van der Waals surface area contributed by atoms with Gasteiger partial charge in [0.25, 0.3) is 0 Å². The fraction of sp³-hybridized carbons (Fsp3) is 0.440. The maximum Gasteiger partial charge on any atom is 0.303 e. The predicted octanol–water partition coefficient (Wildman–Crippen LogP) is 3.93. The molecule has 2 unspecified atom stereocenters. The Kier molecular flexibility index (Phi) is 9.64. The Labute approximate surface area is 200 Å². The first kappa shape index (κ1) is 27.3. The lowest BCUT2D eigenvalue weighted by Crippen LogP contribution is -2.14. The van der Waals surface area contributed by atoms with Crippen molar-refractivity contribution in [3.63, 3.8) is 0 Å². The number of aliphatic carboxylic acids is 1. The van der Waals surface area contributed by atoms with Crippen LogP contribution in [0.25, 0.3) is 0 Å². The number of carbonyl (C=O) groups excluding carboxylic acids is 1. The van der Waals surface area contributed by atoms with Gasteiger partial charge in [-0.15, -0.1) is 0 Å². The summed E-state index contributed by atoms with van der Waals surface area (Å²) in [5.41, 5.74) is 1.21. The number of phenolic OH excluding ortho intramolecular Hbond substituents is 1. The van der Waals surface area contributed by atoms with Crippen LogP contribution in [0, 0.1) is 5.92 Å². The van der Waals surface area contributed by atoms with Gasteiger partial charge < -0.3 is 20.1 Å². The van der Waals surface area contributed by atoms with E-state index in [0.717, 1.165) is 6.42 Å². The predicted molar refractivity (Wildman–Crippen MR) is 127 cm³/mol. The molecule has 3 N–H and O–H groups in total. The van der Waals surface area contributed by atoms with Gasteiger partial charge in [-0.1, -0.05) is 32.4 Å². The normalized spacial score (nSPS) is 13.3. The van der Waals surface area contributed by atoms with E-state index in [2.05, 4.69) is 0 Å². The number of rotatable bonds is 13. The van der Waals surface area contributed by atoms with Crippen molar-refractivity contribution in [2.24, 2.45) is 5.92 Å². The summed E-state index contributed by atoms with van der Waals surface area (Å²) in [7, 11) is -3.59. The number of ether oxygens (including phenoxy) is 1. The second kappa shape index (κ2) is 12.0. The maximum absolute atomic E-state index is 12.7. The standard InChI is InChI=1S/C25H32O8S/c1-4-6-21-22(12-11-20(17(3)26)25(21)30)33-13-5-14-34(31,32)19-9-7-18(8-10-19)24(29)16(2)15-23(27)28/h7-12,16,24,29-30H,4-6,13-15H2,1-3H3,(H,27,28). The summed E-state index contributed by atoms with van der Waals surface area (Å²) < 4.78 is 31.1. The van der Waals surface area contributed by atoms with Crippen molar-refractivity contribution < 1.29 is 38.1 Å². The van der Waals surface area contributed by atoms with Crippen molar-refractivity contribution in [3.8, 4) is 11.5 Å². The number of hydrogen-bond donors (Lipinski definition) is 3. The van der Waals surface area contributed by atoms with E-state index >= 15 is 0 Å². The van der Waals surface area contributed by atoms with Crippen molar-refractivity contribution in [2.45, 2.75) is 57.5 Å². The molecule has 2 atom stereocenters. The van der Waals surface area contributed by atoms with E-state index in [1.54, 1.807) is 13.0 Å². The zero-order valence-corrected chi connectivity index (χ0v) is 20.5. The van der Waals surface area contributed by atoms with Crippen LogP contribution in [0.2, 0.25) is 0 Å². The number of Topliss-reactive ketones (excluding diaryl/α,β-unsaturated/α-hetero) is 1.